The van der Waals surface area contributed by atoms with Crippen LogP contribution in [0, 0.1) is 23.6 Å². The molecule has 3 unspecified atom stereocenters. The SMILES string of the molecule is CC1CCC(C(C)C)C(NCc2ccc(F)cc2Br)C1. The fourth-order valence-corrected chi connectivity index (χ4v) is 3.83. The van der Waals surface area contributed by atoms with Crippen molar-refractivity contribution in [3.8, 4) is 0 Å². The van der Waals surface area contributed by atoms with Crippen molar-refractivity contribution in [3.05, 3.63) is 34.1 Å². The molecule has 0 bridgehead atoms. The molecule has 0 spiro atoms. The third-order valence-corrected chi connectivity index (χ3v) is 5.33. The largest absolute Gasteiger partial charge is 0.310 e. The Balaban J connectivity index is 2.00. The van der Waals surface area contributed by atoms with Gasteiger partial charge in [-0.3, -0.25) is 0 Å². The molecule has 112 valence electrons. The zero-order valence-electron chi connectivity index (χ0n) is 12.6. The van der Waals surface area contributed by atoms with Crippen molar-refractivity contribution < 1.29 is 4.39 Å². The lowest BCUT2D eigenvalue weighted by Crippen LogP contribution is -2.42. The standard InChI is InChI=1S/C17H25BrFN/c1-11(2)15-7-4-12(3)8-17(15)20-10-13-5-6-14(19)9-16(13)18/h5-6,9,11-12,15,17,20H,4,7-8,10H2,1-3H3. The van der Waals surface area contributed by atoms with Crippen molar-refractivity contribution in [2.45, 2.75) is 52.6 Å². The lowest BCUT2D eigenvalue weighted by molar-refractivity contribution is 0.169. The summed E-state index contributed by atoms with van der Waals surface area (Å²) in [5, 5.41) is 3.71. The van der Waals surface area contributed by atoms with E-state index >= 15 is 0 Å². The number of hydrogen-bond donors (Lipinski definition) is 1. The Morgan fingerprint density at radius 3 is 2.75 bits per heavy atom. The van der Waals surface area contributed by atoms with Crippen LogP contribution >= 0.6 is 15.9 Å². The van der Waals surface area contributed by atoms with Gasteiger partial charge in [-0.05, 0) is 48.3 Å². The lowest BCUT2D eigenvalue weighted by atomic mass is 9.74. The third kappa shape index (κ3) is 4.05. The van der Waals surface area contributed by atoms with E-state index < -0.39 is 0 Å². The van der Waals surface area contributed by atoms with Crippen LogP contribution in [0.15, 0.2) is 22.7 Å². The molecule has 1 aliphatic carbocycles. The molecule has 1 aromatic carbocycles. The quantitative estimate of drug-likeness (QED) is 0.799. The molecule has 20 heavy (non-hydrogen) atoms. The Hall–Kier alpha value is -0.410. The molecule has 0 heterocycles. The summed E-state index contributed by atoms with van der Waals surface area (Å²) in [5.74, 6) is 2.09. The van der Waals surface area contributed by atoms with Gasteiger partial charge in [-0.25, -0.2) is 4.39 Å². The van der Waals surface area contributed by atoms with Gasteiger partial charge in [-0.15, -0.1) is 0 Å². The van der Waals surface area contributed by atoms with Crippen LogP contribution in [-0.2, 0) is 6.54 Å². The average Bonchev–Trinajstić information content (AvgIpc) is 2.37. The summed E-state index contributed by atoms with van der Waals surface area (Å²) in [5.41, 5.74) is 1.13. The fourth-order valence-electron chi connectivity index (χ4n) is 3.34. The molecular weight excluding hydrogens is 317 g/mol. The number of benzene rings is 1. The molecule has 0 radical (unpaired) electrons. The molecule has 2 rings (SSSR count). The molecule has 0 saturated heterocycles. The highest BCUT2D eigenvalue weighted by Gasteiger charge is 2.30. The lowest BCUT2D eigenvalue weighted by Gasteiger charge is -2.38. The fraction of sp³-hybridized carbons (Fsp3) is 0.647. The minimum Gasteiger partial charge on any atom is -0.310 e. The van der Waals surface area contributed by atoms with Gasteiger partial charge in [-0.1, -0.05) is 49.2 Å². The molecule has 1 fully saturated rings. The van der Waals surface area contributed by atoms with E-state index in [2.05, 4.69) is 42.0 Å². The van der Waals surface area contributed by atoms with Crippen LogP contribution in [0.1, 0.15) is 45.6 Å². The van der Waals surface area contributed by atoms with Crippen LogP contribution in [0.25, 0.3) is 0 Å². The van der Waals surface area contributed by atoms with Gasteiger partial charge in [0.1, 0.15) is 5.82 Å². The van der Waals surface area contributed by atoms with Crippen molar-refractivity contribution in [1.82, 2.24) is 5.32 Å². The Morgan fingerprint density at radius 1 is 1.35 bits per heavy atom. The average molecular weight is 342 g/mol. The van der Waals surface area contributed by atoms with Crippen molar-refractivity contribution in [2.24, 2.45) is 17.8 Å². The van der Waals surface area contributed by atoms with Gasteiger partial charge in [-0.2, -0.15) is 0 Å². The van der Waals surface area contributed by atoms with E-state index in [0.717, 1.165) is 34.3 Å². The molecule has 1 saturated carbocycles. The summed E-state index contributed by atoms with van der Waals surface area (Å²) in [6.07, 6.45) is 3.92. The van der Waals surface area contributed by atoms with Gasteiger partial charge in [0.15, 0.2) is 0 Å². The Kier molecular flexibility index (Phi) is 5.62. The topological polar surface area (TPSA) is 12.0 Å². The number of nitrogens with one attached hydrogen (secondary N) is 1. The van der Waals surface area contributed by atoms with Gasteiger partial charge in [0.05, 0.1) is 0 Å². The molecule has 0 aromatic heterocycles. The Morgan fingerprint density at radius 2 is 2.10 bits per heavy atom. The normalized spacial score (nSPS) is 27.0. The molecule has 0 aliphatic heterocycles. The summed E-state index contributed by atoms with van der Waals surface area (Å²) < 4.78 is 14.0. The smallest absolute Gasteiger partial charge is 0.124 e. The monoisotopic (exact) mass is 341 g/mol. The molecule has 1 aromatic rings. The molecule has 1 N–H and O–H groups in total. The summed E-state index contributed by atoms with van der Waals surface area (Å²) >= 11 is 3.45. The van der Waals surface area contributed by atoms with Crippen LogP contribution in [0.3, 0.4) is 0 Å². The van der Waals surface area contributed by atoms with E-state index in [4.69, 9.17) is 0 Å². The first kappa shape index (κ1) is 16.0. The van der Waals surface area contributed by atoms with Gasteiger partial charge in [0, 0.05) is 17.1 Å². The second-order valence-electron chi connectivity index (χ2n) is 6.55. The van der Waals surface area contributed by atoms with E-state index in [1.165, 1.54) is 25.3 Å². The van der Waals surface area contributed by atoms with Crippen molar-refractivity contribution in [3.63, 3.8) is 0 Å². The van der Waals surface area contributed by atoms with E-state index in [1.54, 1.807) is 6.07 Å². The van der Waals surface area contributed by atoms with Crippen LogP contribution in [-0.4, -0.2) is 6.04 Å². The predicted molar refractivity (Wildman–Crippen MR) is 86.1 cm³/mol. The highest BCUT2D eigenvalue weighted by atomic mass is 79.9. The molecule has 0 amide bonds. The van der Waals surface area contributed by atoms with E-state index in [0.29, 0.717) is 6.04 Å². The van der Waals surface area contributed by atoms with E-state index in [-0.39, 0.29) is 5.82 Å². The van der Waals surface area contributed by atoms with Crippen LogP contribution in [0.4, 0.5) is 4.39 Å². The zero-order chi connectivity index (χ0) is 14.7. The molecular formula is C17H25BrFN. The van der Waals surface area contributed by atoms with Gasteiger partial charge < -0.3 is 5.32 Å². The van der Waals surface area contributed by atoms with Crippen LogP contribution in [0.2, 0.25) is 0 Å². The molecule has 1 nitrogen and oxygen atoms in total. The van der Waals surface area contributed by atoms with E-state index in [1.807, 2.05) is 6.07 Å². The number of hydrogen-bond acceptors (Lipinski definition) is 1. The summed E-state index contributed by atoms with van der Waals surface area (Å²) in [7, 11) is 0. The van der Waals surface area contributed by atoms with E-state index in [9.17, 15) is 4.39 Å². The molecule has 3 heteroatoms. The first-order valence-corrected chi connectivity index (χ1v) is 8.44. The van der Waals surface area contributed by atoms with Gasteiger partial charge in [0.25, 0.3) is 0 Å². The second-order valence-corrected chi connectivity index (χ2v) is 7.40. The Bertz CT molecular complexity index is 447. The summed E-state index contributed by atoms with van der Waals surface area (Å²) in [6.45, 7) is 7.80. The summed E-state index contributed by atoms with van der Waals surface area (Å²) in [6, 6.07) is 5.52. The number of halogens is 2. The van der Waals surface area contributed by atoms with Crippen molar-refractivity contribution in [1.29, 1.82) is 0 Å². The number of rotatable bonds is 4. The van der Waals surface area contributed by atoms with Crippen LogP contribution in [0.5, 0.6) is 0 Å². The first-order chi connectivity index (χ1) is 9.47. The minimum atomic E-state index is -0.188. The first-order valence-electron chi connectivity index (χ1n) is 7.64. The van der Waals surface area contributed by atoms with Crippen molar-refractivity contribution >= 4 is 15.9 Å². The minimum absolute atomic E-state index is 0.188. The highest BCUT2D eigenvalue weighted by Crippen LogP contribution is 2.33. The molecule has 3 atom stereocenters. The summed E-state index contributed by atoms with van der Waals surface area (Å²) in [4.78, 5) is 0. The van der Waals surface area contributed by atoms with Gasteiger partial charge in [0.2, 0.25) is 0 Å². The predicted octanol–water partition coefficient (Wildman–Crippen LogP) is 5.14. The third-order valence-electron chi connectivity index (χ3n) is 4.59. The van der Waals surface area contributed by atoms with Crippen molar-refractivity contribution in [2.75, 3.05) is 0 Å². The molecule has 1 aliphatic rings. The zero-order valence-corrected chi connectivity index (χ0v) is 14.2. The maximum absolute atomic E-state index is 13.1. The Labute approximate surface area is 130 Å². The van der Waals surface area contributed by atoms with Gasteiger partial charge >= 0.3 is 0 Å². The highest BCUT2D eigenvalue weighted by molar-refractivity contribution is 9.10. The maximum atomic E-state index is 13.1. The van der Waals surface area contributed by atoms with Crippen LogP contribution < -0.4 is 5.32 Å². The second kappa shape index (κ2) is 7.04. The maximum Gasteiger partial charge on any atom is 0.124 e.